The molecule has 0 bridgehead atoms. The summed E-state index contributed by atoms with van der Waals surface area (Å²) in [6.45, 7) is 2.47. The number of hydrogen-bond donors (Lipinski definition) is 3. The van der Waals surface area contributed by atoms with Crippen molar-refractivity contribution in [3.8, 4) is 5.75 Å². The van der Waals surface area contributed by atoms with Crippen molar-refractivity contribution in [3.05, 3.63) is 46.7 Å². The molecule has 1 aromatic heterocycles. The summed E-state index contributed by atoms with van der Waals surface area (Å²) in [5.41, 5.74) is 0.407. The smallest absolute Gasteiger partial charge is 0.138 e. The monoisotopic (exact) mass is 295 g/mol. The molecule has 2 rings (SSSR count). The van der Waals surface area contributed by atoms with Crippen molar-refractivity contribution >= 4 is 11.6 Å². The van der Waals surface area contributed by atoms with Gasteiger partial charge < -0.3 is 15.5 Å². The maximum Gasteiger partial charge on any atom is 0.138 e. The molecule has 1 aromatic carbocycles. The van der Waals surface area contributed by atoms with Crippen LogP contribution in [0.1, 0.15) is 18.1 Å². The predicted octanol–water partition coefficient (Wildman–Crippen LogP) is 1.78. The van der Waals surface area contributed by atoms with Gasteiger partial charge in [-0.05, 0) is 13.0 Å². The van der Waals surface area contributed by atoms with Gasteiger partial charge in [0.1, 0.15) is 11.4 Å². The predicted molar refractivity (Wildman–Crippen MR) is 77.6 cm³/mol. The molecule has 2 aromatic rings. The van der Waals surface area contributed by atoms with Gasteiger partial charge in [0.15, 0.2) is 0 Å². The Balaban J connectivity index is 1.97. The summed E-state index contributed by atoms with van der Waals surface area (Å²) in [7, 11) is 1.80. The third-order valence-electron chi connectivity index (χ3n) is 3.18. The Bertz CT molecular complexity index is 596. The molecule has 108 valence electrons. The van der Waals surface area contributed by atoms with E-state index in [4.69, 9.17) is 11.6 Å². The highest BCUT2D eigenvalue weighted by atomic mass is 35.5. The Morgan fingerprint density at radius 2 is 2.20 bits per heavy atom. The Labute approximate surface area is 122 Å². The molecule has 20 heavy (non-hydrogen) atoms. The van der Waals surface area contributed by atoms with Gasteiger partial charge in [0.05, 0.1) is 11.2 Å². The highest BCUT2D eigenvalue weighted by molar-refractivity contribution is 6.32. The molecule has 0 saturated carbocycles. The Morgan fingerprint density at radius 1 is 1.45 bits per heavy atom. The van der Waals surface area contributed by atoms with E-state index in [1.165, 1.54) is 0 Å². The maximum absolute atomic E-state index is 10.4. The van der Waals surface area contributed by atoms with Crippen molar-refractivity contribution in [1.82, 2.24) is 15.1 Å². The van der Waals surface area contributed by atoms with Crippen LogP contribution in [0.25, 0.3) is 0 Å². The van der Waals surface area contributed by atoms with Crippen molar-refractivity contribution in [2.75, 3.05) is 6.54 Å². The standard InChI is InChI=1S/C14H18ClN3O2/c1-14(20,11-7-17-18(2)8-11)9-16-6-10-4-3-5-12(15)13(10)19/h3-5,7-8,16,19-20H,6,9H2,1-2H3. The minimum atomic E-state index is -1.03. The molecule has 0 aliphatic heterocycles. The van der Waals surface area contributed by atoms with Gasteiger partial charge in [-0.25, -0.2) is 0 Å². The molecule has 1 unspecified atom stereocenters. The summed E-state index contributed by atoms with van der Waals surface area (Å²) >= 11 is 5.84. The number of aryl methyl sites for hydroxylation is 1. The van der Waals surface area contributed by atoms with Crippen molar-refractivity contribution < 1.29 is 10.2 Å². The molecule has 0 spiro atoms. The van der Waals surface area contributed by atoms with Gasteiger partial charge in [-0.1, -0.05) is 23.7 Å². The second-order valence-corrected chi connectivity index (χ2v) is 5.43. The largest absolute Gasteiger partial charge is 0.506 e. The van der Waals surface area contributed by atoms with E-state index in [-0.39, 0.29) is 5.75 Å². The molecule has 0 saturated heterocycles. The lowest BCUT2D eigenvalue weighted by Crippen LogP contribution is -2.34. The van der Waals surface area contributed by atoms with E-state index in [0.29, 0.717) is 23.7 Å². The second-order valence-electron chi connectivity index (χ2n) is 5.03. The number of rotatable bonds is 5. The van der Waals surface area contributed by atoms with E-state index in [0.717, 1.165) is 5.56 Å². The first-order valence-corrected chi connectivity index (χ1v) is 6.66. The minimum absolute atomic E-state index is 0.0719. The van der Waals surface area contributed by atoms with E-state index in [2.05, 4.69) is 10.4 Å². The van der Waals surface area contributed by atoms with E-state index in [1.807, 2.05) is 0 Å². The zero-order valence-electron chi connectivity index (χ0n) is 11.5. The quantitative estimate of drug-likeness (QED) is 0.786. The Kier molecular flexibility index (Phi) is 4.32. The highest BCUT2D eigenvalue weighted by Gasteiger charge is 2.24. The van der Waals surface area contributed by atoms with Crippen LogP contribution < -0.4 is 5.32 Å². The fourth-order valence-electron chi connectivity index (χ4n) is 1.94. The van der Waals surface area contributed by atoms with Crippen LogP contribution in [-0.2, 0) is 19.2 Å². The third-order valence-corrected chi connectivity index (χ3v) is 3.49. The van der Waals surface area contributed by atoms with Crippen molar-refractivity contribution in [2.24, 2.45) is 7.05 Å². The molecule has 5 nitrogen and oxygen atoms in total. The first-order chi connectivity index (χ1) is 9.40. The fraction of sp³-hybridized carbons (Fsp3) is 0.357. The molecular formula is C14H18ClN3O2. The third kappa shape index (κ3) is 3.30. The molecule has 0 amide bonds. The highest BCUT2D eigenvalue weighted by Crippen LogP contribution is 2.27. The van der Waals surface area contributed by atoms with Crippen LogP contribution in [0.15, 0.2) is 30.6 Å². The Hall–Kier alpha value is -1.56. The summed E-state index contributed by atoms with van der Waals surface area (Å²) in [6, 6.07) is 5.19. The number of aromatic nitrogens is 2. The lowest BCUT2D eigenvalue weighted by molar-refractivity contribution is 0.0565. The number of para-hydroxylation sites is 1. The zero-order valence-corrected chi connectivity index (χ0v) is 12.2. The molecule has 0 radical (unpaired) electrons. The maximum atomic E-state index is 10.4. The number of aliphatic hydroxyl groups is 1. The number of aromatic hydroxyl groups is 1. The van der Waals surface area contributed by atoms with Crippen LogP contribution in [0.3, 0.4) is 0 Å². The minimum Gasteiger partial charge on any atom is -0.506 e. The molecule has 1 heterocycles. The lowest BCUT2D eigenvalue weighted by Gasteiger charge is -2.22. The van der Waals surface area contributed by atoms with E-state index in [1.54, 1.807) is 49.2 Å². The van der Waals surface area contributed by atoms with Crippen LogP contribution in [0.4, 0.5) is 0 Å². The van der Waals surface area contributed by atoms with Crippen LogP contribution in [0.2, 0.25) is 5.02 Å². The van der Waals surface area contributed by atoms with Gasteiger partial charge >= 0.3 is 0 Å². The van der Waals surface area contributed by atoms with Gasteiger partial charge in [-0.15, -0.1) is 0 Å². The van der Waals surface area contributed by atoms with Crippen molar-refractivity contribution in [2.45, 2.75) is 19.1 Å². The summed E-state index contributed by atoms with van der Waals surface area (Å²) in [5, 5.41) is 27.7. The van der Waals surface area contributed by atoms with E-state index in [9.17, 15) is 10.2 Å². The summed E-state index contributed by atoms with van der Waals surface area (Å²) in [4.78, 5) is 0. The molecule has 6 heteroatoms. The first kappa shape index (κ1) is 14.8. The molecule has 0 aliphatic rings. The molecule has 3 N–H and O–H groups in total. The number of nitrogens with zero attached hydrogens (tertiary/aromatic N) is 2. The van der Waals surface area contributed by atoms with Crippen LogP contribution >= 0.6 is 11.6 Å². The van der Waals surface area contributed by atoms with Gasteiger partial charge in [0.2, 0.25) is 0 Å². The first-order valence-electron chi connectivity index (χ1n) is 6.29. The van der Waals surface area contributed by atoms with Gasteiger partial charge in [0, 0.05) is 37.5 Å². The molecule has 0 aliphatic carbocycles. The van der Waals surface area contributed by atoms with Crippen LogP contribution in [0.5, 0.6) is 5.75 Å². The van der Waals surface area contributed by atoms with Crippen LogP contribution in [-0.4, -0.2) is 26.5 Å². The van der Waals surface area contributed by atoms with Gasteiger partial charge in [-0.2, -0.15) is 5.10 Å². The number of nitrogens with one attached hydrogen (secondary N) is 1. The average Bonchev–Trinajstić information content (AvgIpc) is 2.82. The number of halogens is 1. The van der Waals surface area contributed by atoms with Crippen molar-refractivity contribution in [1.29, 1.82) is 0 Å². The number of phenolic OH excluding ortho intramolecular Hbond substituents is 1. The summed E-state index contributed by atoms with van der Waals surface area (Å²) in [6.07, 6.45) is 3.41. The SMILES string of the molecule is Cn1cc(C(C)(O)CNCc2cccc(Cl)c2O)cn1. The molecule has 0 fully saturated rings. The fourth-order valence-corrected chi connectivity index (χ4v) is 2.14. The number of hydrogen-bond acceptors (Lipinski definition) is 4. The number of phenols is 1. The van der Waals surface area contributed by atoms with Gasteiger partial charge in [-0.3, -0.25) is 4.68 Å². The van der Waals surface area contributed by atoms with E-state index < -0.39 is 5.60 Å². The van der Waals surface area contributed by atoms with Crippen LogP contribution in [0, 0.1) is 0 Å². The average molecular weight is 296 g/mol. The normalized spacial score (nSPS) is 14.2. The number of benzene rings is 1. The second kappa shape index (κ2) is 5.83. The summed E-state index contributed by atoms with van der Waals surface area (Å²) in [5.74, 6) is 0.0719. The Morgan fingerprint density at radius 3 is 2.85 bits per heavy atom. The topological polar surface area (TPSA) is 70.3 Å². The molecule has 1 atom stereocenters. The van der Waals surface area contributed by atoms with E-state index >= 15 is 0 Å². The lowest BCUT2D eigenvalue weighted by atomic mass is 9.99. The zero-order chi connectivity index (χ0) is 14.8. The molecular weight excluding hydrogens is 278 g/mol. The van der Waals surface area contributed by atoms with Gasteiger partial charge in [0.25, 0.3) is 0 Å². The van der Waals surface area contributed by atoms with Crippen molar-refractivity contribution in [3.63, 3.8) is 0 Å². The summed E-state index contributed by atoms with van der Waals surface area (Å²) < 4.78 is 1.65.